The number of methoxy groups -OCH3 is 1. The van der Waals surface area contributed by atoms with Gasteiger partial charge in [-0.2, -0.15) is 5.10 Å². The number of carbonyl (C=O) groups excluding carboxylic acids is 2. The molecule has 14 heteroatoms. The molecule has 3 aromatic rings. The third-order valence-corrected chi connectivity index (χ3v) is 5.31. The molecule has 0 aromatic carbocycles. The molecule has 0 saturated carbocycles. The van der Waals surface area contributed by atoms with Crippen molar-refractivity contribution in [2.24, 2.45) is 0 Å². The summed E-state index contributed by atoms with van der Waals surface area (Å²) in [5.74, 6) is -2.59. The van der Waals surface area contributed by atoms with Crippen LogP contribution in [0.2, 0.25) is 0 Å². The maximum absolute atomic E-state index is 13.6. The van der Waals surface area contributed by atoms with E-state index in [4.69, 9.17) is 9.47 Å². The molecule has 1 aliphatic rings. The second kappa shape index (κ2) is 10.0. The number of likely N-dealkylation sites (tertiary alicyclic amines) is 1. The average molecular weight is 517 g/mol. The van der Waals surface area contributed by atoms with Crippen LogP contribution in [0.4, 0.5) is 19.4 Å². The van der Waals surface area contributed by atoms with E-state index in [9.17, 15) is 18.4 Å². The number of anilines is 1. The summed E-state index contributed by atoms with van der Waals surface area (Å²) in [4.78, 5) is 35.0. The van der Waals surface area contributed by atoms with Crippen molar-refractivity contribution in [2.45, 2.75) is 45.1 Å². The van der Waals surface area contributed by atoms with Crippen molar-refractivity contribution in [1.29, 1.82) is 0 Å². The Morgan fingerprint density at radius 3 is 2.38 bits per heavy atom. The summed E-state index contributed by atoms with van der Waals surface area (Å²) in [5, 5.41) is 14.9. The van der Waals surface area contributed by atoms with Crippen molar-refractivity contribution in [3.05, 3.63) is 36.3 Å². The highest BCUT2D eigenvalue weighted by Crippen LogP contribution is 2.29. The fourth-order valence-corrected chi connectivity index (χ4v) is 3.51. The summed E-state index contributed by atoms with van der Waals surface area (Å²) in [5.41, 5.74) is -0.00236. The number of rotatable bonds is 5. The summed E-state index contributed by atoms with van der Waals surface area (Å²) in [6.45, 7) is 5.04. The predicted molar refractivity (Wildman–Crippen MR) is 127 cm³/mol. The van der Waals surface area contributed by atoms with Gasteiger partial charge in [0.15, 0.2) is 17.3 Å². The lowest BCUT2D eigenvalue weighted by atomic mass is 10.1. The van der Waals surface area contributed by atoms with Crippen LogP contribution in [0, 0.1) is 0 Å². The lowest BCUT2D eigenvalue weighted by Gasteiger charge is -2.31. The molecule has 1 N–H and O–H groups in total. The Balaban J connectivity index is 1.63. The highest BCUT2D eigenvalue weighted by molar-refractivity contribution is 5.93. The summed E-state index contributed by atoms with van der Waals surface area (Å²) < 4.78 is 38.8. The van der Waals surface area contributed by atoms with E-state index in [1.165, 1.54) is 35.2 Å². The van der Waals surface area contributed by atoms with Crippen molar-refractivity contribution in [3.63, 3.8) is 0 Å². The van der Waals surface area contributed by atoms with Crippen LogP contribution < -0.4 is 10.1 Å². The second-order valence-electron chi connectivity index (χ2n) is 9.32. The van der Waals surface area contributed by atoms with Crippen LogP contribution in [0.5, 0.6) is 5.88 Å². The van der Waals surface area contributed by atoms with Gasteiger partial charge >= 0.3 is 6.09 Å². The smallest absolute Gasteiger partial charge is 0.413 e. The molecule has 37 heavy (non-hydrogen) atoms. The molecule has 1 aliphatic heterocycles. The molecule has 3 aromatic heterocycles. The SMILES string of the molecule is COc1ccc(-n2nc(C(=O)N3CCC(F)(F)CC3)cc2-c2cnc(NC(=O)OC(C)(C)C)cn2)nn1. The number of piperidine rings is 1. The first-order chi connectivity index (χ1) is 17.4. The Kier molecular flexibility index (Phi) is 7.01. The van der Waals surface area contributed by atoms with Crippen LogP contribution in [-0.4, -0.2) is 78.6 Å². The van der Waals surface area contributed by atoms with Crippen molar-refractivity contribution < 1.29 is 27.8 Å². The quantitative estimate of drug-likeness (QED) is 0.541. The minimum absolute atomic E-state index is 0.0237. The lowest BCUT2D eigenvalue weighted by molar-refractivity contribution is -0.0495. The summed E-state index contributed by atoms with van der Waals surface area (Å²) in [6, 6.07) is 4.64. The highest BCUT2D eigenvalue weighted by atomic mass is 19.3. The molecule has 0 radical (unpaired) electrons. The summed E-state index contributed by atoms with van der Waals surface area (Å²) >= 11 is 0. The van der Waals surface area contributed by atoms with Crippen LogP contribution in [0.15, 0.2) is 30.6 Å². The Morgan fingerprint density at radius 2 is 1.81 bits per heavy atom. The molecule has 0 unspecified atom stereocenters. The van der Waals surface area contributed by atoms with Crippen molar-refractivity contribution in [3.8, 4) is 23.1 Å². The summed E-state index contributed by atoms with van der Waals surface area (Å²) in [6.07, 6.45) is 1.20. The van der Waals surface area contributed by atoms with Gasteiger partial charge in [-0.05, 0) is 32.9 Å². The van der Waals surface area contributed by atoms with Gasteiger partial charge in [-0.1, -0.05) is 0 Å². The molecule has 0 spiro atoms. The van der Waals surface area contributed by atoms with Gasteiger partial charge in [-0.25, -0.2) is 28.2 Å². The third-order valence-electron chi connectivity index (χ3n) is 5.31. The third kappa shape index (κ3) is 6.32. The van der Waals surface area contributed by atoms with E-state index >= 15 is 0 Å². The number of ether oxygens (including phenoxy) is 2. The van der Waals surface area contributed by atoms with Gasteiger partial charge in [0.2, 0.25) is 5.88 Å². The molecule has 4 heterocycles. The molecule has 2 amide bonds. The molecule has 0 aliphatic carbocycles. The van der Waals surface area contributed by atoms with E-state index in [1.807, 2.05) is 0 Å². The van der Waals surface area contributed by atoms with Gasteiger partial charge in [0.05, 0.1) is 25.2 Å². The lowest BCUT2D eigenvalue weighted by Crippen LogP contribution is -2.42. The average Bonchev–Trinajstić information content (AvgIpc) is 3.28. The molecule has 196 valence electrons. The topological polar surface area (TPSA) is 137 Å². The number of nitrogens with one attached hydrogen (secondary N) is 1. The summed E-state index contributed by atoms with van der Waals surface area (Å²) in [7, 11) is 1.45. The van der Waals surface area contributed by atoms with E-state index in [1.54, 1.807) is 32.9 Å². The number of hydrogen-bond donors (Lipinski definition) is 1. The van der Waals surface area contributed by atoms with Gasteiger partial charge in [0.25, 0.3) is 11.8 Å². The van der Waals surface area contributed by atoms with E-state index in [0.29, 0.717) is 11.4 Å². The van der Waals surface area contributed by atoms with Gasteiger partial charge in [-0.3, -0.25) is 10.1 Å². The fraction of sp³-hybridized carbons (Fsp3) is 0.435. The number of amides is 2. The fourth-order valence-electron chi connectivity index (χ4n) is 3.51. The minimum atomic E-state index is -2.79. The number of alkyl halides is 2. The highest BCUT2D eigenvalue weighted by Gasteiger charge is 2.36. The van der Waals surface area contributed by atoms with Crippen LogP contribution in [0.3, 0.4) is 0 Å². The minimum Gasteiger partial charge on any atom is -0.480 e. The number of aromatic nitrogens is 6. The second-order valence-corrected chi connectivity index (χ2v) is 9.32. The maximum atomic E-state index is 13.6. The molecular weight excluding hydrogens is 490 g/mol. The number of halogens is 2. The normalized spacial score (nSPS) is 15.2. The first-order valence-electron chi connectivity index (χ1n) is 11.4. The van der Waals surface area contributed by atoms with E-state index in [2.05, 4.69) is 30.6 Å². The van der Waals surface area contributed by atoms with Gasteiger partial charge in [-0.15, -0.1) is 10.2 Å². The first kappa shape index (κ1) is 25.9. The standard InChI is InChI=1S/C23H26F2N8O4/c1-22(2,3)37-21(35)28-17-13-26-15(12-27-17)16-11-14(20(34)32-9-7-23(24,25)8-10-32)31-33(16)18-5-6-19(36-4)30-29-18/h5-6,11-13H,7-10H2,1-4H3,(H,27,28,35). The van der Waals surface area contributed by atoms with Crippen molar-refractivity contribution in [1.82, 2.24) is 34.8 Å². The Labute approximate surface area is 211 Å². The van der Waals surface area contributed by atoms with Crippen LogP contribution in [0.25, 0.3) is 17.2 Å². The number of nitrogens with zero attached hydrogens (tertiary/aromatic N) is 7. The van der Waals surface area contributed by atoms with Crippen molar-refractivity contribution in [2.75, 3.05) is 25.5 Å². The molecular formula is C23H26F2N8O4. The van der Waals surface area contributed by atoms with E-state index < -0.39 is 36.4 Å². The predicted octanol–water partition coefficient (Wildman–Crippen LogP) is 3.35. The molecule has 1 saturated heterocycles. The van der Waals surface area contributed by atoms with Crippen molar-refractivity contribution >= 4 is 17.8 Å². The Morgan fingerprint density at radius 1 is 1.08 bits per heavy atom. The van der Waals surface area contributed by atoms with Gasteiger partial charge in [0, 0.05) is 32.0 Å². The maximum Gasteiger partial charge on any atom is 0.413 e. The zero-order chi connectivity index (χ0) is 26.8. The van der Waals surface area contributed by atoms with Crippen LogP contribution in [0.1, 0.15) is 44.1 Å². The molecule has 0 bridgehead atoms. The van der Waals surface area contributed by atoms with Gasteiger partial charge in [0.1, 0.15) is 11.3 Å². The van der Waals surface area contributed by atoms with Gasteiger partial charge < -0.3 is 14.4 Å². The van der Waals surface area contributed by atoms with E-state index in [-0.39, 0.29) is 36.3 Å². The largest absolute Gasteiger partial charge is 0.480 e. The molecule has 1 fully saturated rings. The Bertz CT molecular complexity index is 1260. The van der Waals surface area contributed by atoms with E-state index in [0.717, 1.165) is 0 Å². The monoisotopic (exact) mass is 516 g/mol. The number of carbonyl (C=O) groups is 2. The number of hydrogen-bond acceptors (Lipinski definition) is 9. The zero-order valence-electron chi connectivity index (χ0n) is 20.7. The molecule has 4 rings (SSSR count). The zero-order valence-corrected chi connectivity index (χ0v) is 20.7. The molecule has 0 atom stereocenters. The van der Waals surface area contributed by atoms with Crippen LogP contribution in [-0.2, 0) is 4.74 Å². The Hall–Kier alpha value is -4.23. The first-order valence-corrected chi connectivity index (χ1v) is 11.4. The molecule has 12 nitrogen and oxygen atoms in total. The van der Waals surface area contributed by atoms with Crippen LogP contribution >= 0.6 is 0 Å².